The zero-order valence-corrected chi connectivity index (χ0v) is 29.5. The first kappa shape index (κ1) is 30.3. The van der Waals surface area contributed by atoms with Crippen LogP contribution < -0.4 is 0 Å². The van der Waals surface area contributed by atoms with Gasteiger partial charge in [0.1, 0.15) is 0 Å². The topological polar surface area (TPSA) is 48.5 Å². The van der Waals surface area contributed by atoms with Gasteiger partial charge in [0.2, 0.25) is 5.95 Å². The van der Waals surface area contributed by atoms with Crippen LogP contribution in [0.5, 0.6) is 0 Å². The third-order valence-corrected chi connectivity index (χ3v) is 10.4. The number of para-hydroxylation sites is 1. The van der Waals surface area contributed by atoms with Gasteiger partial charge in [-0.05, 0) is 99.1 Å². The summed E-state index contributed by atoms with van der Waals surface area (Å²) in [4.78, 5) is 16.0. The van der Waals surface area contributed by atoms with Crippen LogP contribution in [0.25, 0.3) is 88.8 Å². The molecule has 3 heterocycles. The summed E-state index contributed by atoms with van der Waals surface area (Å²) in [6.45, 7) is 8.61. The van der Waals surface area contributed by atoms with Gasteiger partial charge in [0.25, 0.3) is 0 Å². The van der Waals surface area contributed by atoms with Crippen LogP contribution in [0.4, 0.5) is 0 Å². The Morgan fingerprint density at radius 1 is 0.365 bits per heavy atom. The maximum absolute atomic E-state index is 5.38. The summed E-state index contributed by atoms with van der Waals surface area (Å²) < 4.78 is 4.57. The van der Waals surface area contributed by atoms with Crippen molar-refractivity contribution in [1.82, 2.24) is 24.1 Å². The highest BCUT2D eigenvalue weighted by molar-refractivity contribution is 6.11. The van der Waals surface area contributed by atoms with Gasteiger partial charge in [0.05, 0.1) is 27.8 Å². The van der Waals surface area contributed by atoms with Gasteiger partial charge in [-0.15, -0.1) is 0 Å². The van der Waals surface area contributed by atoms with Crippen LogP contribution >= 0.6 is 0 Å². The number of fused-ring (bicyclic) bond motifs is 7. The van der Waals surface area contributed by atoms with Crippen molar-refractivity contribution in [1.29, 1.82) is 0 Å². The molecular weight excluding hydrogens is 635 g/mol. The first-order chi connectivity index (χ1) is 25.4. The Labute approximate surface area is 301 Å². The van der Waals surface area contributed by atoms with E-state index in [-0.39, 0.29) is 0 Å². The fourth-order valence-corrected chi connectivity index (χ4v) is 7.96. The molecule has 5 heteroatoms. The lowest BCUT2D eigenvalue weighted by Gasteiger charge is -2.16. The van der Waals surface area contributed by atoms with Crippen molar-refractivity contribution < 1.29 is 0 Å². The summed E-state index contributed by atoms with van der Waals surface area (Å²) in [7, 11) is 0. The minimum absolute atomic E-state index is 0.587. The van der Waals surface area contributed by atoms with Crippen LogP contribution in [0.15, 0.2) is 140 Å². The molecule has 0 fully saturated rings. The molecular formula is C47H35N5. The molecule has 0 amide bonds. The van der Waals surface area contributed by atoms with Crippen molar-refractivity contribution in [3.63, 3.8) is 0 Å². The second-order valence-corrected chi connectivity index (χ2v) is 14.1. The monoisotopic (exact) mass is 669 g/mol. The highest BCUT2D eigenvalue weighted by Crippen LogP contribution is 2.38. The molecule has 0 N–H and O–H groups in total. The number of rotatable bonds is 4. The summed E-state index contributed by atoms with van der Waals surface area (Å²) in [5.41, 5.74) is 12.2. The molecule has 3 aromatic heterocycles. The van der Waals surface area contributed by atoms with E-state index in [1.165, 1.54) is 43.8 Å². The van der Waals surface area contributed by atoms with Crippen molar-refractivity contribution >= 4 is 54.4 Å². The molecule has 5 nitrogen and oxygen atoms in total. The van der Waals surface area contributed by atoms with Gasteiger partial charge in [-0.25, -0.2) is 4.98 Å². The predicted octanol–water partition coefficient (Wildman–Crippen LogP) is 11.8. The van der Waals surface area contributed by atoms with E-state index in [2.05, 4.69) is 176 Å². The lowest BCUT2D eigenvalue weighted by atomic mass is 10.0. The average molecular weight is 670 g/mol. The molecule has 0 saturated carbocycles. The van der Waals surface area contributed by atoms with Crippen molar-refractivity contribution in [2.75, 3.05) is 0 Å². The third kappa shape index (κ3) is 4.66. The maximum atomic E-state index is 5.38. The highest BCUT2D eigenvalue weighted by atomic mass is 15.2. The van der Waals surface area contributed by atoms with Crippen molar-refractivity contribution in [2.24, 2.45) is 0 Å². The quantitative estimate of drug-likeness (QED) is 0.187. The lowest BCUT2D eigenvalue weighted by Crippen LogP contribution is -2.08. The second kappa shape index (κ2) is 11.5. The predicted molar refractivity (Wildman–Crippen MR) is 216 cm³/mol. The van der Waals surface area contributed by atoms with Crippen molar-refractivity contribution in [3.05, 3.63) is 162 Å². The molecule has 0 unspecified atom stereocenters. The summed E-state index contributed by atoms with van der Waals surface area (Å²) in [6, 6.07) is 50.0. The molecule has 0 aliphatic rings. The van der Waals surface area contributed by atoms with Crippen LogP contribution in [0.2, 0.25) is 0 Å². The number of hydrogen-bond donors (Lipinski definition) is 0. The average Bonchev–Trinajstić information content (AvgIpc) is 3.65. The molecule has 52 heavy (non-hydrogen) atoms. The normalized spacial score (nSPS) is 11.8. The van der Waals surface area contributed by atoms with Gasteiger partial charge in [0.15, 0.2) is 11.6 Å². The fraction of sp³-hybridized carbons (Fsp3) is 0.0851. The van der Waals surface area contributed by atoms with Gasteiger partial charge in [-0.2, -0.15) is 9.97 Å². The molecule has 0 saturated heterocycles. The summed E-state index contributed by atoms with van der Waals surface area (Å²) in [5, 5.41) is 7.08. The van der Waals surface area contributed by atoms with Crippen LogP contribution in [-0.2, 0) is 0 Å². The van der Waals surface area contributed by atoms with Crippen LogP contribution in [0, 0.1) is 27.7 Å². The number of hydrogen-bond acceptors (Lipinski definition) is 3. The Kier molecular flexibility index (Phi) is 6.67. The van der Waals surface area contributed by atoms with Gasteiger partial charge < -0.3 is 4.57 Å². The van der Waals surface area contributed by atoms with Crippen molar-refractivity contribution in [3.8, 4) is 34.4 Å². The fourth-order valence-electron chi connectivity index (χ4n) is 7.96. The van der Waals surface area contributed by atoms with E-state index < -0.39 is 0 Å². The molecule has 248 valence electrons. The molecule has 10 rings (SSSR count). The summed E-state index contributed by atoms with van der Waals surface area (Å²) >= 11 is 0. The Hall–Kier alpha value is -6.59. The van der Waals surface area contributed by atoms with E-state index in [1.54, 1.807) is 0 Å². The van der Waals surface area contributed by atoms with E-state index in [4.69, 9.17) is 15.0 Å². The van der Waals surface area contributed by atoms with Crippen LogP contribution in [0.1, 0.15) is 22.3 Å². The number of aryl methyl sites for hydroxylation is 4. The molecule has 0 spiro atoms. The SMILES string of the molecule is Cc1ccc2c(c1)c1cc(C)ccc1n2-c1nc(-c2ccccc2-n2c3ccc(C)cc3c3cc(C)ccc32)nc(-c2cccc3ccccc23)n1. The number of nitrogens with zero attached hydrogens (tertiary/aromatic N) is 5. The zero-order valence-electron chi connectivity index (χ0n) is 29.5. The first-order valence-corrected chi connectivity index (χ1v) is 17.8. The smallest absolute Gasteiger partial charge is 0.238 e. The van der Waals surface area contributed by atoms with Crippen LogP contribution in [-0.4, -0.2) is 24.1 Å². The summed E-state index contributed by atoms with van der Waals surface area (Å²) in [6.07, 6.45) is 0. The second-order valence-electron chi connectivity index (χ2n) is 14.1. The number of aromatic nitrogens is 5. The van der Waals surface area contributed by atoms with Crippen molar-refractivity contribution in [2.45, 2.75) is 27.7 Å². The maximum Gasteiger partial charge on any atom is 0.238 e. The molecule has 7 aromatic carbocycles. The third-order valence-electron chi connectivity index (χ3n) is 10.4. The summed E-state index contributed by atoms with van der Waals surface area (Å²) in [5.74, 6) is 1.84. The van der Waals surface area contributed by atoms with Gasteiger partial charge in [0, 0.05) is 32.7 Å². The number of benzene rings is 7. The first-order valence-electron chi connectivity index (χ1n) is 17.8. The Bertz CT molecular complexity index is 2950. The van der Waals surface area contributed by atoms with E-state index in [0.717, 1.165) is 49.7 Å². The van der Waals surface area contributed by atoms with E-state index >= 15 is 0 Å². The van der Waals surface area contributed by atoms with Crippen LogP contribution in [0.3, 0.4) is 0 Å². The minimum atomic E-state index is 0.587. The highest BCUT2D eigenvalue weighted by Gasteiger charge is 2.22. The van der Waals surface area contributed by atoms with E-state index in [9.17, 15) is 0 Å². The Balaban J connectivity index is 1.31. The molecule has 0 radical (unpaired) electrons. The van der Waals surface area contributed by atoms with Gasteiger partial charge >= 0.3 is 0 Å². The lowest BCUT2D eigenvalue weighted by molar-refractivity contribution is 0.952. The Morgan fingerprint density at radius 2 is 0.808 bits per heavy atom. The van der Waals surface area contributed by atoms with Gasteiger partial charge in [-0.3, -0.25) is 4.57 Å². The van der Waals surface area contributed by atoms with E-state index in [0.29, 0.717) is 17.6 Å². The zero-order chi connectivity index (χ0) is 35.1. The standard InChI is InChI=1S/C47H35N5/c1-28-16-20-41-36(24-28)37-25-29(2)17-21-42(37)51(41)40-15-8-7-13-35(40)46-48-45(34-14-9-11-32-10-5-6-12-33(32)34)49-47(50-46)52-43-22-18-30(3)26-38(43)39-27-31(4)19-23-44(39)52/h5-27H,1-4H3. The minimum Gasteiger partial charge on any atom is -0.309 e. The Morgan fingerprint density at radius 3 is 1.38 bits per heavy atom. The molecule has 0 atom stereocenters. The molecule has 0 aliphatic carbocycles. The molecule has 0 aliphatic heterocycles. The molecule has 0 bridgehead atoms. The largest absolute Gasteiger partial charge is 0.309 e. The molecule has 10 aromatic rings. The van der Waals surface area contributed by atoms with E-state index in [1.807, 2.05) is 0 Å². The van der Waals surface area contributed by atoms with Gasteiger partial charge in [-0.1, -0.05) is 101 Å².